The number of ether oxygens (including phenoxy) is 1. The first-order chi connectivity index (χ1) is 14.2. The maximum atomic E-state index is 11.0. The molecule has 0 saturated carbocycles. The summed E-state index contributed by atoms with van der Waals surface area (Å²) in [5.74, 6) is 0.0758. The van der Waals surface area contributed by atoms with Crippen molar-refractivity contribution in [1.82, 2.24) is 9.80 Å². The molecule has 0 aliphatic carbocycles. The number of Topliss-reactive ketones (excluding diaryl/α,β-unsaturated/α-hetero) is 1. The van der Waals surface area contributed by atoms with E-state index in [0.29, 0.717) is 6.73 Å². The van der Waals surface area contributed by atoms with E-state index in [1.807, 2.05) is 27.7 Å². The molecular formula is C25H38N2O2. The standard InChI is InChI=1S/C21H26N2O2.2C2H6/c1-18(24)16-25-17-22-12-14-23(15-13-22)21(19-8-4-2-5-9-19)20-10-6-3-7-11-20;2*1-2/h2-11,21H,12-17H2,1H3;2*1-2H3. The van der Waals surface area contributed by atoms with E-state index in [2.05, 4.69) is 70.5 Å². The Morgan fingerprint density at radius 3 is 1.69 bits per heavy atom. The molecule has 4 nitrogen and oxygen atoms in total. The highest BCUT2D eigenvalue weighted by atomic mass is 16.5. The number of nitrogens with zero attached hydrogens (tertiary/aromatic N) is 2. The van der Waals surface area contributed by atoms with Gasteiger partial charge in [-0.25, -0.2) is 0 Å². The molecule has 0 bridgehead atoms. The van der Waals surface area contributed by atoms with Gasteiger partial charge in [0.05, 0.1) is 12.8 Å². The first kappa shape index (κ1) is 25.0. The van der Waals surface area contributed by atoms with Gasteiger partial charge in [0, 0.05) is 26.2 Å². The largest absolute Gasteiger partial charge is 0.358 e. The normalized spacial score (nSPS) is 14.4. The molecule has 3 rings (SSSR count). The molecule has 1 aliphatic heterocycles. The Morgan fingerprint density at radius 1 is 0.828 bits per heavy atom. The average Bonchev–Trinajstić information content (AvgIpc) is 2.79. The highest BCUT2D eigenvalue weighted by molar-refractivity contribution is 5.76. The summed E-state index contributed by atoms with van der Waals surface area (Å²) in [6, 6.07) is 21.7. The Bertz CT molecular complexity index is 614. The number of carbonyl (C=O) groups is 1. The third-order valence-corrected chi connectivity index (χ3v) is 4.58. The lowest BCUT2D eigenvalue weighted by Crippen LogP contribution is -2.48. The van der Waals surface area contributed by atoms with Crippen LogP contribution in [0.3, 0.4) is 0 Å². The Kier molecular flexibility index (Phi) is 12.9. The fraction of sp³-hybridized carbons (Fsp3) is 0.480. The molecule has 0 N–H and O–H groups in total. The van der Waals surface area contributed by atoms with Crippen LogP contribution in [0.5, 0.6) is 0 Å². The highest BCUT2D eigenvalue weighted by Gasteiger charge is 2.26. The summed E-state index contributed by atoms with van der Waals surface area (Å²) < 4.78 is 5.46. The number of carbonyl (C=O) groups excluding carboxylic acids is 1. The lowest BCUT2D eigenvalue weighted by atomic mass is 9.96. The highest BCUT2D eigenvalue weighted by Crippen LogP contribution is 2.29. The summed E-state index contributed by atoms with van der Waals surface area (Å²) >= 11 is 0. The molecule has 0 amide bonds. The fourth-order valence-corrected chi connectivity index (χ4v) is 3.35. The van der Waals surface area contributed by atoms with Gasteiger partial charge in [-0.1, -0.05) is 88.4 Å². The Labute approximate surface area is 177 Å². The van der Waals surface area contributed by atoms with Crippen LogP contribution in [-0.4, -0.2) is 55.1 Å². The van der Waals surface area contributed by atoms with Crippen LogP contribution in [0.25, 0.3) is 0 Å². The second kappa shape index (κ2) is 14.9. The molecule has 4 heteroatoms. The summed E-state index contributed by atoms with van der Waals surface area (Å²) in [4.78, 5) is 15.8. The molecule has 1 aliphatic rings. The van der Waals surface area contributed by atoms with E-state index in [-0.39, 0.29) is 18.4 Å². The van der Waals surface area contributed by atoms with Crippen LogP contribution in [0.15, 0.2) is 60.7 Å². The first-order valence-corrected chi connectivity index (χ1v) is 10.9. The fourth-order valence-electron chi connectivity index (χ4n) is 3.35. The van der Waals surface area contributed by atoms with Crippen molar-refractivity contribution >= 4 is 5.78 Å². The van der Waals surface area contributed by atoms with Gasteiger partial charge in [0.2, 0.25) is 0 Å². The maximum absolute atomic E-state index is 11.0. The summed E-state index contributed by atoms with van der Waals surface area (Å²) in [6.45, 7) is 14.2. The monoisotopic (exact) mass is 398 g/mol. The van der Waals surface area contributed by atoms with Crippen molar-refractivity contribution < 1.29 is 9.53 Å². The Balaban J connectivity index is 0.000000989. The topological polar surface area (TPSA) is 32.8 Å². The number of rotatable bonds is 7. The molecule has 1 saturated heterocycles. The zero-order valence-corrected chi connectivity index (χ0v) is 18.8. The van der Waals surface area contributed by atoms with Gasteiger partial charge in [0.15, 0.2) is 5.78 Å². The van der Waals surface area contributed by atoms with Gasteiger partial charge in [-0.15, -0.1) is 0 Å². The molecule has 2 aromatic carbocycles. The number of hydrogen-bond donors (Lipinski definition) is 0. The van der Waals surface area contributed by atoms with Crippen LogP contribution in [0.1, 0.15) is 51.8 Å². The van der Waals surface area contributed by atoms with Crippen molar-refractivity contribution in [2.45, 2.75) is 40.7 Å². The first-order valence-electron chi connectivity index (χ1n) is 10.9. The van der Waals surface area contributed by atoms with Gasteiger partial charge in [0.1, 0.15) is 6.61 Å². The number of ketones is 1. The van der Waals surface area contributed by atoms with Crippen LogP contribution in [0, 0.1) is 0 Å². The van der Waals surface area contributed by atoms with Crippen LogP contribution in [0.4, 0.5) is 0 Å². The number of benzene rings is 2. The molecule has 0 atom stereocenters. The van der Waals surface area contributed by atoms with Gasteiger partial charge < -0.3 is 4.74 Å². The van der Waals surface area contributed by atoms with Crippen molar-refractivity contribution in [2.75, 3.05) is 39.5 Å². The molecular weight excluding hydrogens is 360 g/mol. The van der Waals surface area contributed by atoms with E-state index in [1.54, 1.807) is 6.92 Å². The van der Waals surface area contributed by atoms with Crippen molar-refractivity contribution in [3.05, 3.63) is 71.8 Å². The van der Waals surface area contributed by atoms with E-state index in [1.165, 1.54) is 11.1 Å². The predicted octanol–water partition coefficient (Wildman–Crippen LogP) is 5.01. The number of hydrogen-bond acceptors (Lipinski definition) is 4. The quantitative estimate of drug-likeness (QED) is 0.656. The van der Waals surface area contributed by atoms with Crippen molar-refractivity contribution in [3.8, 4) is 0 Å². The van der Waals surface area contributed by atoms with Crippen molar-refractivity contribution in [1.29, 1.82) is 0 Å². The summed E-state index contributed by atoms with van der Waals surface area (Å²) in [6.07, 6.45) is 0. The summed E-state index contributed by atoms with van der Waals surface area (Å²) in [7, 11) is 0. The van der Waals surface area contributed by atoms with E-state index < -0.39 is 0 Å². The molecule has 0 radical (unpaired) electrons. The Morgan fingerprint density at radius 2 is 1.28 bits per heavy atom. The molecule has 2 aromatic rings. The molecule has 29 heavy (non-hydrogen) atoms. The van der Waals surface area contributed by atoms with Crippen molar-refractivity contribution in [3.63, 3.8) is 0 Å². The zero-order valence-electron chi connectivity index (χ0n) is 18.8. The summed E-state index contributed by atoms with van der Waals surface area (Å²) in [5, 5.41) is 0. The smallest absolute Gasteiger partial charge is 0.155 e. The van der Waals surface area contributed by atoms with Gasteiger partial charge in [-0.3, -0.25) is 14.6 Å². The second-order valence-electron chi connectivity index (χ2n) is 6.56. The molecule has 1 fully saturated rings. The minimum atomic E-state index is 0.0758. The lowest BCUT2D eigenvalue weighted by Gasteiger charge is -2.39. The molecule has 160 valence electrons. The SMILES string of the molecule is CC.CC.CC(=O)COCN1CCN(C(c2ccccc2)c2ccccc2)CC1. The van der Waals surface area contributed by atoms with E-state index in [0.717, 1.165) is 26.2 Å². The maximum Gasteiger partial charge on any atom is 0.155 e. The van der Waals surface area contributed by atoms with E-state index in [9.17, 15) is 4.79 Å². The van der Waals surface area contributed by atoms with E-state index >= 15 is 0 Å². The molecule has 0 aromatic heterocycles. The number of piperazine rings is 1. The Hall–Kier alpha value is -2.01. The van der Waals surface area contributed by atoms with E-state index in [4.69, 9.17) is 4.74 Å². The second-order valence-corrected chi connectivity index (χ2v) is 6.56. The van der Waals surface area contributed by atoms with Gasteiger partial charge in [0.25, 0.3) is 0 Å². The minimum absolute atomic E-state index is 0.0758. The average molecular weight is 399 g/mol. The van der Waals surface area contributed by atoms with Crippen LogP contribution in [-0.2, 0) is 9.53 Å². The van der Waals surface area contributed by atoms with Crippen molar-refractivity contribution in [2.24, 2.45) is 0 Å². The van der Waals surface area contributed by atoms with Crippen LogP contribution >= 0.6 is 0 Å². The zero-order chi connectivity index (χ0) is 21.5. The molecule has 1 heterocycles. The molecule has 0 unspecified atom stereocenters. The minimum Gasteiger partial charge on any atom is -0.358 e. The third kappa shape index (κ3) is 8.48. The van der Waals surface area contributed by atoms with Gasteiger partial charge in [-0.05, 0) is 18.1 Å². The predicted molar refractivity (Wildman–Crippen MR) is 122 cm³/mol. The van der Waals surface area contributed by atoms with Crippen LogP contribution in [0.2, 0.25) is 0 Å². The third-order valence-electron chi connectivity index (χ3n) is 4.58. The van der Waals surface area contributed by atoms with Gasteiger partial charge >= 0.3 is 0 Å². The lowest BCUT2D eigenvalue weighted by molar-refractivity contribution is -0.123. The summed E-state index contributed by atoms with van der Waals surface area (Å²) in [5.41, 5.74) is 2.66. The molecule has 0 spiro atoms. The van der Waals surface area contributed by atoms with Crippen LogP contribution < -0.4 is 0 Å². The van der Waals surface area contributed by atoms with Gasteiger partial charge in [-0.2, -0.15) is 0 Å².